The van der Waals surface area contributed by atoms with E-state index in [9.17, 15) is 4.39 Å². The van der Waals surface area contributed by atoms with Crippen molar-refractivity contribution in [1.29, 1.82) is 0 Å². The summed E-state index contributed by atoms with van der Waals surface area (Å²) in [5.74, 6) is 0. The molecule has 1 N–H and O–H groups in total. The highest BCUT2D eigenvalue weighted by molar-refractivity contribution is 9.10. The Hall–Kier alpha value is -1.17. The van der Waals surface area contributed by atoms with Gasteiger partial charge in [-0.3, -0.25) is 10.1 Å². The number of alkyl halides is 1. The first-order chi connectivity index (χ1) is 7.25. The van der Waals surface area contributed by atoms with Crippen LogP contribution < -0.4 is 4.90 Å². The van der Waals surface area contributed by atoms with Crippen molar-refractivity contribution in [3.05, 3.63) is 16.9 Å². The normalized spacial score (nSPS) is 17.1. The number of fused-ring (bicyclic) bond motifs is 1. The molecule has 1 saturated heterocycles. The fourth-order valence-corrected chi connectivity index (χ4v) is 2.13. The first kappa shape index (κ1) is 9.08. The molecule has 0 unspecified atom stereocenters. The van der Waals surface area contributed by atoms with E-state index in [2.05, 4.69) is 31.1 Å². The molecule has 0 atom stereocenters. The number of aromatic nitrogens is 3. The van der Waals surface area contributed by atoms with Crippen molar-refractivity contribution in [3.63, 3.8) is 0 Å². The number of anilines is 1. The fraction of sp³-hybridized carbons (Fsp3) is 0.333. The van der Waals surface area contributed by atoms with Crippen molar-refractivity contribution in [3.8, 4) is 0 Å². The summed E-state index contributed by atoms with van der Waals surface area (Å²) in [5, 5.41) is 6.96. The molecule has 0 aliphatic carbocycles. The molecule has 0 aromatic carbocycles. The number of pyridine rings is 1. The van der Waals surface area contributed by atoms with E-state index < -0.39 is 6.17 Å². The number of H-pyrrole nitrogens is 1. The lowest BCUT2D eigenvalue weighted by atomic mass is 10.1. The van der Waals surface area contributed by atoms with Gasteiger partial charge < -0.3 is 4.90 Å². The van der Waals surface area contributed by atoms with Gasteiger partial charge in [-0.15, -0.1) is 0 Å². The van der Waals surface area contributed by atoms with Crippen LogP contribution in [0.1, 0.15) is 0 Å². The van der Waals surface area contributed by atoms with Crippen LogP contribution in [0, 0.1) is 0 Å². The lowest BCUT2D eigenvalue weighted by Gasteiger charge is -2.36. The second-order valence-electron chi connectivity index (χ2n) is 3.57. The van der Waals surface area contributed by atoms with Crippen LogP contribution in [0.2, 0.25) is 0 Å². The third-order valence-corrected chi connectivity index (χ3v) is 3.11. The monoisotopic (exact) mass is 270 g/mol. The summed E-state index contributed by atoms with van der Waals surface area (Å²) in [6, 6.07) is 1.86. The minimum Gasteiger partial charge on any atom is -0.364 e. The molecule has 2 aromatic rings. The summed E-state index contributed by atoms with van der Waals surface area (Å²) < 4.78 is 13.5. The smallest absolute Gasteiger partial charge is 0.135 e. The highest BCUT2D eigenvalue weighted by atomic mass is 79.9. The molecule has 0 bridgehead atoms. The van der Waals surface area contributed by atoms with E-state index in [1.807, 2.05) is 11.0 Å². The van der Waals surface area contributed by atoms with Gasteiger partial charge >= 0.3 is 0 Å². The molecule has 2 aromatic heterocycles. The van der Waals surface area contributed by atoms with Crippen molar-refractivity contribution in [2.24, 2.45) is 0 Å². The summed E-state index contributed by atoms with van der Waals surface area (Å²) in [6.07, 6.45) is 0.999. The number of nitrogens with one attached hydrogen (secondary N) is 1. The first-order valence-electron chi connectivity index (χ1n) is 4.63. The molecule has 1 aliphatic heterocycles. The number of nitrogens with zero attached hydrogens (tertiary/aromatic N) is 3. The zero-order valence-electron chi connectivity index (χ0n) is 7.74. The second-order valence-corrected chi connectivity index (χ2v) is 4.36. The summed E-state index contributed by atoms with van der Waals surface area (Å²) in [6.45, 7) is 0.896. The van der Waals surface area contributed by atoms with Gasteiger partial charge in [-0.1, -0.05) is 0 Å². The Morgan fingerprint density at radius 2 is 2.27 bits per heavy atom. The van der Waals surface area contributed by atoms with E-state index in [-0.39, 0.29) is 0 Å². The molecule has 3 heterocycles. The number of hydrogen-bond donors (Lipinski definition) is 1. The molecule has 78 valence electrons. The standard InChI is InChI=1S/C9H8BrFN4/c10-9-8-7(13-14-9)6(1-2-12-8)15-3-5(11)4-15/h1-2,5H,3-4H2,(H,13,14). The Balaban J connectivity index is 2.10. The molecule has 1 aliphatic rings. The van der Waals surface area contributed by atoms with Gasteiger partial charge in [-0.05, 0) is 22.0 Å². The molecule has 0 radical (unpaired) electrons. The number of aromatic amines is 1. The van der Waals surface area contributed by atoms with E-state index in [0.717, 1.165) is 21.3 Å². The zero-order valence-corrected chi connectivity index (χ0v) is 9.33. The van der Waals surface area contributed by atoms with Gasteiger partial charge in [0.1, 0.15) is 21.8 Å². The Kier molecular flexibility index (Phi) is 1.92. The SMILES string of the molecule is FC1CN(c2ccnc3c(Br)[nH]nc23)C1. The van der Waals surface area contributed by atoms with Crippen LogP contribution in [0.4, 0.5) is 10.1 Å². The molecular formula is C9H8BrFN4. The molecule has 3 rings (SSSR count). The summed E-state index contributed by atoms with van der Waals surface area (Å²) in [4.78, 5) is 6.16. The Bertz CT molecular complexity index is 506. The van der Waals surface area contributed by atoms with E-state index in [1.54, 1.807) is 6.20 Å². The van der Waals surface area contributed by atoms with Crippen LogP contribution in [0.3, 0.4) is 0 Å². The third kappa shape index (κ3) is 1.31. The molecule has 0 spiro atoms. The van der Waals surface area contributed by atoms with E-state index >= 15 is 0 Å². The maximum atomic E-state index is 12.8. The Morgan fingerprint density at radius 3 is 3.00 bits per heavy atom. The van der Waals surface area contributed by atoms with Gasteiger partial charge in [0, 0.05) is 6.20 Å². The molecule has 1 fully saturated rings. The highest BCUT2D eigenvalue weighted by Gasteiger charge is 2.28. The van der Waals surface area contributed by atoms with Crippen LogP contribution in [-0.2, 0) is 0 Å². The second kappa shape index (κ2) is 3.16. The molecular weight excluding hydrogens is 263 g/mol. The molecule has 0 saturated carbocycles. The number of rotatable bonds is 1. The van der Waals surface area contributed by atoms with Crippen LogP contribution in [-0.4, -0.2) is 34.4 Å². The van der Waals surface area contributed by atoms with E-state index in [0.29, 0.717) is 13.1 Å². The largest absolute Gasteiger partial charge is 0.364 e. The maximum absolute atomic E-state index is 12.8. The molecule has 6 heteroatoms. The summed E-state index contributed by atoms with van der Waals surface area (Å²) >= 11 is 3.33. The first-order valence-corrected chi connectivity index (χ1v) is 5.42. The predicted octanol–water partition coefficient (Wildman–Crippen LogP) is 1.88. The predicted molar refractivity (Wildman–Crippen MR) is 58.7 cm³/mol. The van der Waals surface area contributed by atoms with E-state index in [1.165, 1.54) is 0 Å². The number of hydrogen-bond acceptors (Lipinski definition) is 3. The highest BCUT2D eigenvalue weighted by Crippen LogP contribution is 2.30. The fourth-order valence-electron chi connectivity index (χ4n) is 1.75. The lowest BCUT2D eigenvalue weighted by molar-refractivity contribution is 0.275. The number of halogens is 2. The van der Waals surface area contributed by atoms with Crippen molar-refractivity contribution in [2.45, 2.75) is 6.17 Å². The average Bonchev–Trinajstić information content (AvgIpc) is 2.56. The Morgan fingerprint density at radius 1 is 1.47 bits per heavy atom. The van der Waals surface area contributed by atoms with Gasteiger partial charge in [-0.25, -0.2) is 4.39 Å². The maximum Gasteiger partial charge on any atom is 0.135 e. The van der Waals surface area contributed by atoms with Crippen LogP contribution in [0.15, 0.2) is 16.9 Å². The minimum absolute atomic E-state index is 0.448. The van der Waals surface area contributed by atoms with Crippen molar-refractivity contribution < 1.29 is 4.39 Å². The van der Waals surface area contributed by atoms with Crippen LogP contribution >= 0.6 is 15.9 Å². The lowest BCUT2D eigenvalue weighted by Crippen LogP contribution is -2.48. The molecule has 15 heavy (non-hydrogen) atoms. The third-order valence-electron chi connectivity index (χ3n) is 2.55. The zero-order chi connectivity index (χ0) is 10.4. The molecule has 4 nitrogen and oxygen atoms in total. The summed E-state index contributed by atoms with van der Waals surface area (Å²) in [5.41, 5.74) is 2.52. The van der Waals surface area contributed by atoms with Gasteiger partial charge in [0.2, 0.25) is 0 Å². The van der Waals surface area contributed by atoms with E-state index in [4.69, 9.17) is 0 Å². The summed E-state index contributed by atoms with van der Waals surface area (Å²) in [7, 11) is 0. The van der Waals surface area contributed by atoms with Gasteiger partial charge in [0.15, 0.2) is 0 Å². The average molecular weight is 271 g/mol. The van der Waals surface area contributed by atoms with Gasteiger partial charge in [-0.2, -0.15) is 5.10 Å². The topological polar surface area (TPSA) is 44.8 Å². The van der Waals surface area contributed by atoms with Crippen molar-refractivity contribution >= 4 is 32.7 Å². The molecule has 0 amide bonds. The minimum atomic E-state index is -0.712. The van der Waals surface area contributed by atoms with Gasteiger partial charge in [0.25, 0.3) is 0 Å². The quantitative estimate of drug-likeness (QED) is 0.861. The van der Waals surface area contributed by atoms with Crippen molar-refractivity contribution in [1.82, 2.24) is 15.2 Å². The Labute approximate surface area is 93.6 Å². The van der Waals surface area contributed by atoms with Gasteiger partial charge in [0.05, 0.1) is 18.8 Å². The van der Waals surface area contributed by atoms with Crippen LogP contribution in [0.5, 0.6) is 0 Å². The van der Waals surface area contributed by atoms with Crippen molar-refractivity contribution in [2.75, 3.05) is 18.0 Å². The van der Waals surface area contributed by atoms with Crippen LogP contribution in [0.25, 0.3) is 11.0 Å².